The number of carbonyl (C=O) groups is 1. The summed E-state index contributed by atoms with van der Waals surface area (Å²) in [4.78, 5) is 11.5. The molecule has 3 heteroatoms. The van der Waals surface area contributed by atoms with Gasteiger partial charge in [0.1, 0.15) is 0 Å². The summed E-state index contributed by atoms with van der Waals surface area (Å²) in [7, 11) is 0. The predicted molar refractivity (Wildman–Crippen MR) is 79.8 cm³/mol. The van der Waals surface area contributed by atoms with Crippen molar-refractivity contribution in [2.24, 2.45) is 17.6 Å². The SMILES string of the molecule is CCCCCC(CCl)C[C@H](CCCCC)C(N)=O. The highest BCUT2D eigenvalue weighted by Gasteiger charge is 2.20. The fraction of sp³-hybridized carbons (Fsp3) is 0.933. The van der Waals surface area contributed by atoms with Crippen LogP contribution >= 0.6 is 11.6 Å². The van der Waals surface area contributed by atoms with E-state index in [1.165, 1.54) is 32.1 Å². The highest BCUT2D eigenvalue weighted by Crippen LogP contribution is 2.24. The Kier molecular flexibility index (Phi) is 11.7. The summed E-state index contributed by atoms with van der Waals surface area (Å²) in [5, 5.41) is 0. The van der Waals surface area contributed by atoms with Crippen molar-refractivity contribution in [1.29, 1.82) is 0 Å². The van der Waals surface area contributed by atoms with E-state index in [0.29, 0.717) is 11.8 Å². The number of primary amides is 1. The Morgan fingerprint density at radius 2 is 1.61 bits per heavy atom. The Morgan fingerprint density at radius 3 is 2.06 bits per heavy atom. The summed E-state index contributed by atoms with van der Waals surface area (Å²) in [5.74, 6) is 0.998. The van der Waals surface area contributed by atoms with Gasteiger partial charge in [-0.25, -0.2) is 0 Å². The minimum Gasteiger partial charge on any atom is -0.369 e. The maximum Gasteiger partial charge on any atom is 0.220 e. The van der Waals surface area contributed by atoms with Crippen molar-refractivity contribution in [3.8, 4) is 0 Å². The molecule has 1 unspecified atom stereocenters. The van der Waals surface area contributed by atoms with Crippen molar-refractivity contribution < 1.29 is 4.79 Å². The minimum absolute atomic E-state index is 0.0296. The van der Waals surface area contributed by atoms with Gasteiger partial charge < -0.3 is 5.73 Å². The first-order valence-corrected chi connectivity index (χ1v) is 8.04. The summed E-state index contributed by atoms with van der Waals surface area (Å²) < 4.78 is 0. The molecule has 0 fully saturated rings. The highest BCUT2D eigenvalue weighted by atomic mass is 35.5. The lowest BCUT2D eigenvalue weighted by Crippen LogP contribution is -2.26. The minimum atomic E-state index is -0.142. The molecule has 18 heavy (non-hydrogen) atoms. The normalized spacial score (nSPS) is 14.4. The summed E-state index contributed by atoms with van der Waals surface area (Å²) in [6.45, 7) is 4.37. The van der Waals surface area contributed by atoms with Crippen LogP contribution in [-0.4, -0.2) is 11.8 Å². The van der Waals surface area contributed by atoms with E-state index in [2.05, 4.69) is 13.8 Å². The van der Waals surface area contributed by atoms with Crippen LogP contribution in [0.1, 0.15) is 71.6 Å². The smallest absolute Gasteiger partial charge is 0.220 e. The Bertz CT molecular complexity index is 209. The second-order valence-corrected chi connectivity index (χ2v) is 5.66. The molecule has 108 valence electrons. The Balaban J connectivity index is 4.04. The third-order valence-electron chi connectivity index (χ3n) is 3.61. The first-order chi connectivity index (χ1) is 8.65. The third-order valence-corrected chi connectivity index (χ3v) is 4.05. The van der Waals surface area contributed by atoms with Gasteiger partial charge >= 0.3 is 0 Å². The van der Waals surface area contributed by atoms with Crippen molar-refractivity contribution in [2.75, 3.05) is 5.88 Å². The number of unbranched alkanes of at least 4 members (excludes halogenated alkanes) is 4. The first kappa shape index (κ1) is 17.8. The van der Waals surface area contributed by atoms with Crippen LogP contribution in [0, 0.1) is 11.8 Å². The zero-order valence-corrected chi connectivity index (χ0v) is 12.8. The fourth-order valence-electron chi connectivity index (χ4n) is 2.36. The van der Waals surface area contributed by atoms with Crippen LogP contribution in [0.3, 0.4) is 0 Å². The summed E-state index contributed by atoms with van der Waals surface area (Å²) in [6.07, 6.45) is 10.1. The maximum atomic E-state index is 11.5. The molecule has 0 saturated carbocycles. The van der Waals surface area contributed by atoms with E-state index in [1.54, 1.807) is 0 Å². The van der Waals surface area contributed by atoms with Crippen molar-refractivity contribution in [2.45, 2.75) is 71.6 Å². The van der Waals surface area contributed by atoms with E-state index in [0.717, 1.165) is 25.7 Å². The predicted octanol–water partition coefficient (Wildman–Crippen LogP) is 4.49. The largest absolute Gasteiger partial charge is 0.369 e. The van der Waals surface area contributed by atoms with Crippen molar-refractivity contribution in [1.82, 2.24) is 0 Å². The molecule has 0 saturated heterocycles. The van der Waals surface area contributed by atoms with Gasteiger partial charge in [0, 0.05) is 11.8 Å². The van der Waals surface area contributed by atoms with Crippen LogP contribution in [0.4, 0.5) is 0 Å². The maximum absolute atomic E-state index is 11.5. The molecule has 0 aromatic carbocycles. The molecule has 0 aliphatic rings. The van der Waals surface area contributed by atoms with Gasteiger partial charge in [0.2, 0.25) is 5.91 Å². The standard InChI is InChI=1S/C15H30ClNO/c1-3-5-7-9-13(12-16)11-14(15(17)18)10-8-6-4-2/h13-14H,3-12H2,1-2H3,(H2,17,18)/t13?,14-/m0/s1. The van der Waals surface area contributed by atoms with Crippen molar-refractivity contribution in [3.63, 3.8) is 0 Å². The molecule has 2 atom stereocenters. The molecule has 0 aromatic rings. The molecule has 1 amide bonds. The molecule has 0 spiro atoms. The van der Waals surface area contributed by atoms with Crippen molar-refractivity contribution in [3.05, 3.63) is 0 Å². The first-order valence-electron chi connectivity index (χ1n) is 7.50. The highest BCUT2D eigenvalue weighted by molar-refractivity contribution is 6.18. The van der Waals surface area contributed by atoms with Gasteiger partial charge in [-0.15, -0.1) is 11.6 Å². The van der Waals surface area contributed by atoms with Gasteiger partial charge in [0.05, 0.1) is 0 Å². The van der Waals surface area contributed by atoms with Gasteiger partial charge in [0.25, 0.3) is 0 Å². The molecule has 0 aliphatic carbocycles. The third kappa shape index (κ3) is 8.79. The average Bonchev–Trinajstić information content (AvgIpc) is 2.35. The summed E-state index contributed by atoms with van der Waals surface area (Å²) in [6, 6.07) is 0. The molecule has 0 aromatic heterocycles. The Labute approximate surface area is 118 Å². The zero-order valence-electron chi connectivity index (χ0n) is 12.1. The number of nitrogens with two attached hydrogens (primary N) is 1. The van der Waals surface area contributed by atoms with E-state index in [1.807, 2.05) is 0 Å². The number of carbonyl (C=O) groups excluding carboxylic acids is 1. The monoisotopic (exact) mass is 275 g/mol. The van der Waals surface area contributed by atoms with Gasteiger partial charge in [-0.1, -0.05) is 52.4 Å². The number of amides is 1. The molecule has 0 bridgehead atoms. The van der Waals surface area contributed by atoms with Crippen LogP contribution in [0.15, 0.2) is 0 Å². The van der Waals surface area contributed by atoms with Crippen LogP contribution in [0.2, 0.25) is 0 Å². The van der Waals surface area contributed by atoms with Crippen LogP contribution in [-0.2, 0) is 4.79 Å². The fourth-order valence-corrected chi connectivity index (χ4v) is 2.64. The van der Waals surface area contributed by atoms with Gasteiger partial charge in [-0.05, 0) is 25.2 Å². The number of hydrogen-bond acceptors (Lipinski definition) is 1. The van der Waals surface area contributed by atoms with Gasteiger partial charge in [-0.2, -0.15) is 0 Å². The molecule has 0 radical (unpaired) electrons. The lowest BCUT2D eigenvalue weighted by molar-refractivity contribution is -0.122. The summed E-state index contributed by atoms with van der Waals surface area (Å²) >= 11 is 6.00. The number of hydrogen-bond donors (Lipinski definition) is 1. The lowest BCUT2D eigenvalue weighted by atomic mass is 9.88. The molecule has 0 rings (SSSR count). The number of rotatable bonds is 12. The molecule has 0 heterocycles. The van der Waals surface area contributed by atoms with E-state index < -0.39 is 0 Å². The molecule has 2 nitrogen and oxygen atoms in total. The second kappa shape index (κ2) is 11.8. The second-order valence-electron chi connectivity index (χ2n) is 5.35. The number of halogens is 1. The molecular formula is C15H30ClNO. The quantitative estimate of drug-likeness (QED) is 0.414. The van der Waals surface area contributed by atoms with Crippen molar-refractivity contribution >= 4 is 17.5 Å². The zero-order chi connectivity index (χ0) is 13.8. The molecule has 0 aliphatic heterocycles. The van der Waals surface area contributed by atoms with Crippen LogP contribution in [0.5, 0.6) is 0 Å². The van der Waals surface area contributed by atoms with E-state index in [9.17, 15) is 4.79 Å². The van der Waals surface area contributed by atoms with Crippen LogP contribution < -0.4 is 5.73 Å². The summed E-state index contributed by atoms with van der Waals surface area (Å²) in [5.41, 5.74) is 5.49. The Hall–Kier alpha value is -0.240. The molecular weight excluding hydrogens is 246 g/mol. The van der Waals surface area contributed by atoms with E-state index >= 15 is 0 Å². The molecule has 2 N–H and O–H groups in total. The number of alkyl halides is 1. The lowest BCUT2D eigenvalue weighted by Gasteiger charge is -2.19. The Morgan fingerprint density at radius 1 is 1.06 bits per heavy atom. The van der Waals surface area contributed by atoms with Gasteiger partial charge in [0.15, 0.2) is 0 Å². The van der Waals surface area contributed by atoms with Crippen LogP contribution in [0.25, 0.3) is 0 Å². The average molecular weight is 276 g/mol. The topological polar surface area (TPSA) is 43.1 Å². The van der Waals surface area contributed by atoms with E-state index in [-0.39, 0.29) is 11.8 Å². The van der Waals surface area contributed by atoms with E-state index in [4.69, 9.17) is 17.3 Å². The van der Waals surface area contributed by atoms with Gasteiger partial charge in [-0.3, -0.25) is 4.79 Å².